The van der Waals surface area contributed by atoms with Gasteiger partial charge >= 0.3 is 0 Å². The SMILES string of the molecule is N#C/C(=C\c1ccc(-c2ccc(Br)cc2)o1)C(=O)NCc1ccco1. The normalized spacial score (nSPS) is 11.1. The van der Waals surface area contributed by atoms with Crippen molar-refractivity contribution in [1.29, 1.82) is 5.26 Å². The van der Waals surface area contributed by atoms with Crippen LogP contribution in [0.5, 0.6) is 0 Å². The van der Waals surface area contributed by atoms with Crippen LogP contribution in [0.2, 0.25) is 0 Å². The van der Waals surface area contributed by atoms with Crippen LogP contribution in [0.1, 0.15) is 11.5 Å². The Balaban J connectivity index is 1.72. The van der Waals surface area contributed by atoms with E-state index in [0.717, 1.165) is 10.0 Å². The maximum absolute atomic E-state index is 12.1. The third-order valence-electron chi connectivity index (χ3n) is 3.41. The summed E-state index contributed by atoms with van der Waals surface area (Å²) in [6.45, 7) is 0.215. The predicted octanol–water partition coefficient (Wildman–Crippen LogP) is 4.53. The minimum absolute atomic E-state index is 0.0386. The number of carbonyl (C=O) groups is 1. The number of amides is 1. The summed E-state index contributed by atoms with van der Waals surface area (Å²) in [7, 11) is 0. The first kappa shape index (κ1) is 16.8. The van der Waals surface area contributed by atoms with Gasteiger partial charge in [0.05, 0.1) is 12.8 Å². The van der Waals surface area contributed by atoms with E-state index < -0.39 is 5.91 Å². The van der Waals surface area contributed by atoms with Crippen molar-refractivity contribution in [2.75, 3.05) is 0 Å². The fourth-order valence-electron chi connectivity index (χ4n) is 2.17. The van der Waals surface area contributed by atoms with Gasteiger partial charge in [0, 0.05) is 16.1 Å². The summed E-state index contributed by atoms with van der Waals surface area (Å²) in [4.78, 5) is 12.1. The van der Waals surface area contributed by atoms with Crippen LogP contribution in [0.4, 0.5) is 0 Å². The summed E-state index contributed by atoms with van der Waals surface area (Å²) >= 11 is 3.38. The van der Waals surface area contributed by atoms with Gasteiger partial charge in [-0.05, 0) is 36.4 Å². The fourth-order valence-corrected chi connectivity index (χ4v) is 2.43. The second kappa shape index (κ2) is 7.69. The van der Waals surface area contributed by atoms with Crippen molar-refractivity contribution in [3.8, 4) is 17.4 Å². The minimum atomic E-state index is -0.486. The molecule has 25 heavy (non-hydrogen) atoms. The standard InChI is InChI=1S/C19H13BrN2O3/c20-15-5-3-13(4-6-15)18-8-7-16(25-18)10-14(11-21)19(23)22-12-17-2-1-9-24-17/h1-10H,12H2,(H,22,23)/b14-10+. The Morgan fingerprint density at radius 2 is 2.00 bits per heavy atom. The Morgan fingerprint density at radius 1 is 1.20 bits per heavy atom. The largest absolute Gasteiger partial charge is 0.467 e. The molecule has 0 saturated carbocycles. The van der Waals surface area contributed by atoms with Gasteiger partial charge in [0.25, 0.3) is 5.91 Å². The second-order valence-corrected chi connectivity index (χ2v) is 6.06. The van der Waals surface area contributed by atoms with Gasteiger partial charge in [-0.15, -0.1) is 0 Å². The van der Waals surface area contributed by atoms with Crippen LogP contribution in [0.15, 0.2) is 73.7 Å². The highest BCUT2D eigenvalue weighted by molar-refractivity contribution is 9.10. The smallest absolute Gasteiger partial charge is 0.262 e. The number of benzene rings is 1. The number of nitrogens with zero attached hydrogens (tertiary/aromatic N) is 1. The zero-order valence-corrected chi connectivity index (χ0v) is 14.6. The molecule has 6 heteroatoms. The van der Waals surface area contributed by atoms with E-state index in [1.54, 1.807) is 24.3 Å². The number of hydrogen-bond acceptors (Lipinski definition) is 4. The molecule has 1 aromatic carbocycles. The molecule has 0 fully saturated rings. The van der Waals surface area contributed by atoms with Gasteiger partial charge in [-0.1, -0.05) is 28.1 Å². The van der Waals surface area contributed by atoms with Gasteiger partial charge in [-0.3, -0.25) is 4.79 Å². The van der Waals surface area contributed by atoms with Gasteiger partial charge < -0.3 is 14.2 Å². The molecule has 0 bridgehead atoms. The van der Waals surface area contributed by atoms with E-state index in [-0.39, 0.29) is 12.1 Å². The topological polar surface area (TPSA) is 79.2 Å². The van der Waals surface area contributed by atoms with E-state index in [1.165, 1.54) is 12.3 Å². The molecular weight excluding hydrogens is 384 g/mol. The monoisotopic (exact) mass is 396 g/mol. The zero-order valence-electron chi connectivity index (χ0n) is 13.0. The molecule has 3 aromatic rings. The molecule has 3 rings (SSSR count). The van der Waals surface area contributed by atoms with E-state index in [4.69, 9.17) is 8.83 Å². The molecule has 124 valence electrons. The second-order valence-electron chi connectivity index (χ2n) is 5.14. The molecule has 1 N–H and O–H groups in total. The summed E-state index contributed by atoms with van der Waals surface area (Å²) < 4.78 is 11.8. The highest BCUT2D eigenvalue weighted by Gasteiger charge is 2.11. The first-order valence-electron chi connectivity index (χ1n) is 7.44. The average molecular weight is 397 g/mol. The van der Waals surface area contributed by atoms with E-state index in [0.29, 0.717) is 17.3 Å². The average Bonchev–Trinajstić information content (AvgIpc) is 3.30. The van der Waals surface area contributed by atoms with Crippen molar-refractivity contribution in [1.82, 2.24) is 5.32 Å². The quantitative estimate of drug-likeness (QED) is 0.507. The van der Waals surface area contributed by atoms with Crippen LogP contribution in [-0.4, -0.2) is 5.91 Å². The van der Waals surface area contributed by atoms with Crippen molar-refractivity contribution < 1.29 is 13.6 Å². The molecule has 1 amide bonds. The van der Waals surface area contributed by atoms with Gasteiger partial charge in [0.1, 0.15) is 28.9 Å². The molecule has 0 unspecified atom stereocenters. The Labute approximate surface area is 152 Å². The fraction of sp³-hybridized carbons (Fsp3) is 0.0526. The first-order chi connectivity index (χ1) is 12.2. The number of nitriles is 1. The predicted molar refractivity (Wildman–Crippen MR) is 96.0 cm³/mol. The van der Waals surface area contributed by atoms with Crippen molar-refractivity contribution in [3.63, 3.8) is 0 Å². The Kier molecular flexibility index (Phi) is 5.17. The summed E-state index contributed by atoms with van der Waals surface area (Å²) in [5.41, 5.74) is 0.867. The number of nitrogens with one attached hydrogen (secondary N) is 1. The van der Waals surface area contributed by atoms with E-state index in [2.05, 4.69) is 21.2 Å². The number of furan rings is 2. The lowest BCUT2D eigenvalue weighted by Gasteiger charge is -2.01. The van der Waals surface area contributed by atoms with E-state index >= 15 is 0 Å². The molecule has 5 nitrogen and oxygen atoms in total. The molecule has 2 aromatic heterocycles. The van der Waals surface area contributed by atoms with Crippen molar-refractivity contribution in [2.24, 2.45) is 0 Å². The van der Waals surface area contributed by atoms with Crippen LogP contribution in [-0.2, 0) is 11.3 Å². The molecule has 0 saturated heterocycles. The number of halogens is 1. The van der Waals surface area contributed by atoms with Crippen LogP contribution in [0, 0.1) is 11.3 Å². The molecule has 0 aliphatic heterocycles. The maximum atomic E-state index is 12.1. The van der Waals surface area contributed by atoms with Gasteiger partial charge in [-0.2, -0.15) is 5.26 Å². The van der Waals surface area contributed by atoms with Crippen LogP contribution in [0.3, 0.4) is 0 Å². The molecule has 0 radical (unpaired) electrons. The molecule has 0 spiro atoms. The zero-order chi connectivity index (χ0) is 17.6. The number of rotatable bonds is 5. The molecule has 0 aliphatic carbocycles. The Morgan fingerprint density at radius 3 is 2.68 bits per heavy atom. The highest BCUT2D eigenvalue weighted by Crippen LogP contribution is 2.25. The Hall–Kier alpha value is -3.04. The summed E-state index contributed by atoms with van der Waals surface area (Å²) in [6, 6.07) is 16.5. The first-order valence-corrected chi connectivity index (χ1v) is 8.23. The van der Waals surface area contributed by atoms with Crippen molar-refractivity contribution >= 4 is 27.9 Å². The molecule has 0 aliphatic rings. The third-order valence-corrected chi connectivity index (χ3v) is 3.94. The summed E-state index contributed by atoms with van der Waals surface area (Å²) in [5.74, 6) is 1.22. The number of hydrogen-bond donors (Lipinski definition) is 1. The van der Waals surface area contributed by atoms with Gasteiger partial charge in [0.15, 0.2) is 0 Å². The molecular formula is C19H13BrN2O3. The highest BCUT2D eigenvalue weighted by atomic mass is 79.9. The Bertz CT molecular complexity index is 932. The van der Waals surface area contributed by atoms with E-state index in [9.17, 15) is 10.1 Å². The number of carbonyl (C=O) groups excluding carboxylic acids is 1. The molecule has 0 atom stereocenters. The van der Waals surface area contributed by atoms with Crippen molar-refractivity contribution in [3.05, 3.63) is 76.4 Å². The third kappa shape index (κ3) is 4.28. The van der Waals surface area contributed by atoms with Gasteiger partial charge in [0.2, 0.25) is 0 Å². The van der Waals surface area contributed by atoms with Crippen LogP contribution >= 0.6 is 15.9 Å². The van der Waals surface area contributed by atoms with Crippen LogP contribution < -0.4 is 5.32 Å². The van der Waals surface area contributed by atoms with Gasteiger partial charge in [-0.25, -0.2) is 0 Å². The van der Waals surface area contributed by atoms with Crippen molar-refractivity contribution in [2.45, 2.75) is 6.54 Å². The lowest BCUT2D eigenvalue weighted by Crippen LogP contribution is -2.23. The summed E-state index contributed by atoms with van der Waals surface area (Å²) in [5, 5.41) is 11.9. The van der Waals surface area contributed by atoms with E-state index in [1.807, 2.05) is 30.3 Å². The maximum Gasteiger partial charge on any atom is 0.262 e. The minimum Gasteiger partial charge on any atom is -0.467 e. The lowest BCUT2D eigenvalue weighted by atomic mass is 10.2. The summed E-state index contributed by atoms with van der Waals surface area (Å²) in [6.07, 6.45) is 2.94. The molecule has 2 heterocycles. The lowest BCUT2D eigenvalue weighted by molar-refractivity contribution is -0.117. The van der Waals surface area contributed by atoms with Crippen LogP contribution in [0.25, 0.3) is 17.4 Å².